The minimum Gasteiger partial charge on any atom is -0.497 e. The third-order valence-corrected chi connectivity index (χ3v) is 4.89. The van der Waals surface area contributed by atoms with Crippen molar-refractivity contribution in [3.05, 3.63) is 53.5 Å². The zero-order valence-electron chi connectivity index (χ0n) is 14.4. The molecule has 6 heteroatoms. The van der Waals surface area contributed by atoms with Crippen molar-refractivity contribution in [1.82, 2.24) is 9.88 Å². The molecule has 0 bridgehead atoms. The average molecular weight is 355 g/mol. The molecule has 5 nitrogen and oxygen atoms in total. The van der Waals surface area contributed by atoms with Gasteiger partial charge in [0.15, 0.2) is 0 Å². The molecule has 1 heterocycles. The van der Waals surface area contributed by atoms with E-state index in [1.54, 1.807) is 18.4 Å². The summed E-state index contributed by atoms with van der Waals surface area (Å²) in [5, 5.41) is 3.94. The van der Waals surface area contributed by atoms with Crippen LogP contribution in [-0.2, 0) is 11.3 Å². The van der Waals surface area contributed by atoms with Crippen molar-refractivity contribution in [2.24, 2.45) is 0 Å². The monoisotopic (exact) mass is 355 g/mol. The molecule has 2 aromatic carbocycles. The topological polar surface area (TPSA) is 54.5 Å². The number of benzene rings is 2. The third-order valence-electron chi connectivity index (χ3n) is 3.86. The quantitative estimate of drug-likeness (QED) is 0.701. The van der Waals surface area contributed by atoms with Crippen LogP contribution in [0.4, 0.5) is 5.69 Å². The van der Waals surface area contributed by atoms with Crippen molar-refractivity contribution in [3.8, 4) is 5.75 Å². The molecule has 3 rings (SSSR count). The van der Waals surface area contributed by atoms with Gasteiger partial charge in [0.2, 0.25) is 5.91 Å². The first kappa shape index (κ1) is 17.4. The van der Waals surface area contributed by atoms with E-state index in [9.17, 15) is 4.79 Å². The summed E-state index contributed by atoms with van der Waals surface area (Å²) >= 11 is 1.68. The zero-order chi connectivity index (χ0) is 17.6. The second-order valence-electron chi connectivity index (χ2n) is 5.66. The van der Waals surface area contributed by atoms with E-state index in [4.69, 9.17) is 4.74 Å². The second-order valence-corrected chi connectivity index (χ2v) is 6.77. The number of carbonyl (C=O) groups is 1. The molecule has 1 N–H and O–H groups in total. The molecular formula is C19H21N3O2S. The Bertz CT molecular complexity index is 830. The van der Waals surface area contributed by atoms with Crippen LogP contribution in [0.5, 0.6) is 5.75 Å². The van der Waals surface area contributed by atoms with Gasteiger partial charge in [-0.1, -0.05) is 25.1 Å². The van der Waals surface area contributed by atoms with Crippen molar-refractivity contribution in [2.75, 3.05) is 25.5 Å². The van der Waals surface area contributed by atoms with Crippen LogP contribution in [0, 0.1) is 0 Å². The van der Waals surface area contributed by atoms with E-state index in [0.717, 1.165) is 28.5 Å². The summed E-state index contributed by atoms with van der Waals surface area (Å²) in [6, 6.07) is 15.5. The van der Waals surface area contributed by atoms with Gasteiger partial charge in [-0.3, -0.25) is 9.69 Å². The van der Waals surface area contributed by atoms with E-state index >= 15 is 0 Å². The first-order valence-corrected chi connectivity index (χ1v) is 9.00. The lowest BCUT2D eigenvalue weighted by Crippen LogP contribution is -2.32. The van der Waals surface area contributed by atoms with Gasteiger partial charge in [0.05, 0.1) is 30.4 Å². The van der Waals surface area contributed by atoms with Crippen molar-refractivity contribution in [2.45, 2.75) is 13.5 Å². The highest BCUT2D eigenvalue weighted by Gasteiger charge is 2.13. The van der Waals surface area contributed by atoms with Crippen molar-refractivity contribution in [1.29, 1.82) is 0 Å². The molecule has 0 radical (unpaired) electrons. The van der Waals surface area contributed by atoms with Crippen LogP contribution in [0.3, 0.4) is 0 Å². The van der Waals surface area contributed by atoms with E-state index in [1.165, 1.54) is 4.70 Å². The molecule has 0 atom stereocenters. The Morgan fingerprint density at radius 2 is 2.08 bits per heavy atom. The summed E-state index contributed by atoms with van der Waals surface area (Å²) in [4.78, 5) is 19.1. The molecule has 130 valence electrons. The molecule has 0 aliphatic rings. The number of carbonyl (C=O) groups excluding carboxylic acids is 1. The molecule has 0 aliphatic heterocycles. The van der Waals surface area contributed by atoms with Gasteiger partial charge in [-0.25, -0.2) is 4.98 Å². The number of ether oxygens (including phenoxy) is 1. The van der Waals surface area contributed by atoms with E-state index in [0.29, 0.717) is 13.1 Å². The number of thiazole rings is 1. The number of fused-ring (bicyclic) bond motifs is 1. The van der Waals surface area contributed by atoms with Crippen molar-refractivity contribution < 1.29 is 9.53 Å². The number of para-hydroxylation sites is 1. The lowest BCUT2D eigenvalue weighted by atomic mass is 10.3. The molecule has 0 aliphatic carbocycles. The third kappa shape index (κ3) is 4.55. The molecule has 0 saturated carbocycles. The van der Waals surface area contributed by atoms with E-state index < -0.39 is 0 Å². The number of nitrogens with zero attached hydrogens (tertiary/aromatic N) is 2. The highest BCUT2D eigenvalue weighted by atomic mass is 32.1. The molecule has 1 amide bonds. The van der Waals surface area contributed by atoms with Crippen LogP contribution >= 0.6 is 11.3 Å². The number of hydrogen-bond donors (Lipinski definition) is 1. The summed E-state index contributed by atoms with van der Waals surface area (Å²) in [6.45, 7) is 3.82. The molecule has 3 aromatic rings. The second kappa shape index (κ2) is 8.09. The molecule has 1 aromatic heterocycles. The number of anilines is 1. The summed E-state index contributed by atoms with van der Waals surface area (Å²) in [6.07, 6.45) is 0. The number of methoxy groups -OCH3 is 1. The van der Waals surface area contributed by atoms with Crippen LogP contribution < -0.4 is 10.1 Å². The number of hydrogen-bond acceptors (Lipinski definition) is 5. The number of aromatic nitrogens is 1. The lowest BCUT2D eigenvalue weighted by molar-refractivity contribution is -0.117. The molecule has 0 unspecified atom stereocenters. The first-order valence-electron chi connectivity index (χ1n) is 8.18. The summed E-state index contributed by atoms with van der Waals surface area (Å²) in [5.41, 5.74) is 1.75. The first-order chi connectivity index (χ1) is 12.2. The van der Waals surface area contributed by atoms with Gasteiger partial charge < -0.3 is 10.1 Å². The maximum absolute atomic E-state index is 12.3. The van der Waals surface area contributed by atoms with Gasteiger partial charge in [-0.2, -0.15) is 0 Å². The normalized spacial score (nSPS) is 11.0. The van der Waals surface area contributed by atoms with Crippen LogP contribution in [-0.4, -0.2) is 36.0 Å². The summed E-state index contributed by atoms with van der Waals surface area (Å²) in [5.74, 6) is 0.677. The van der Waals surface area contributed by atoms with E-state index in [2.05, 4.69) is 21.3 Å². The minimum absolute atomic E-state index is 0.0452. The van der Waals surface area contributed by atoms with E-state index in [1.807, 2.05) is 49.4 Å². The Kier molecular flexibility index (Phi) is 5.63. The Morgan fingerprint density at radius 1 is 1.24 bits per heavy atom. The fourth-order valence-corrected chi connectivity index (χ4v) is 3.57. The predicted molar refractivity (Wildman–Crippen MR) is 102 cm³/mol. The van der Waals surface area contributed by atoms with Gasteiger partial charge >= 0.3 is 0 Å². The Labute approximate surface area is 151 Å². The fraction of sp³-hybridized carbons (Fsp3) is 0.263. The van der Waals surface area contributed by atoms with Gasteiger partial charge in [0, 0.05) is 11.8 Å². The molecule has 0 saturated heterocycles. The SMILES string of the molecule is CCN(CC(=O)Nc1cccc(OC)c1)Cc1nc2ccccc2s1. The van der Waals surface area contributed by atoms with E-state index in [-0.39, 0.29) is 5.91 Å². The maximum atomic E-state index is 12.3. The Morgan fingerprint density at radius 3 is 2.84 bits per heavy atom. The molecule has 25 heavy (non-hydrogen) atoms. The van der Waals surface area contributed by atoms with Gasteiger partial charge in [-0.05, 0) is 30.8 Å². The number of amides is 1. The summed E-state index contributed by atoms with van der Waals surface area (Å²) in [7, 11) is 1.61. The Hall–Kier alpha value is -2.44. The number of rotatable bonds is 7. The van der Waals surface area contributed by atoms with Crippen LogP contribution in [0.2, 0.25) is 0 Å². The lowest BCUT2D eigenvalue weighted by Gasteiger charge is -2.18. The average Bonchev–Trinajstić information content (AvgIpc) is 3.03. The zero-order valence-corrected chi connectivity index (χ0v) is 15.2. The number of nitrogens with one attached hydrogen (secondary N) is 1. The highest BCUT2D eigenvalue weighted by molar-refractivity contribution is 7.18. The highest BCUT2D eigenvalue weighted by Crippen LogP contribution is 2.22. The largest absolute Gasteiger partial charge is 0.497 e. The van der Waals surface area contributed by atoms with Gasteiger partial charge in [0.25, 0.3) is 0 Å². The smallest absolute Gasteiger partial charge is 0.238 e. The minimum atomic E-state index is -0.0452. The number of likely N-dealkylation sites (N-methyl/N-ethyl adjacent to an activating group) is 1. The maximum Gasteiger partial charge on any atom is 0.238 e. The predicted octanol–water partition coefficient (Wildman–Crippen LogP) is 3.77. The molecule has 0 fully saturated rings. The van der Waals surface area contributed by atoms with Gasteiger partial charge in [0.1, 0.15) is 10.8 Å². The summed E-state index contributed by atoms with van der Waals surface area (Å²) < 4.78 is 6.35. The van der Waals surface area contributed by atoms with Gasteiger partial charge in [-0.15, -0.1) is 11.3 Å². The van der Waals surface area contributed by atoms with Crippen molar-refractivity contribution >= 4 is 33.1 Å². The molecular weight excluding hydrogens is 334 g/mol. The van der Waals surface area contributed by atoms with Crippen LogP contribution in [0.15, 0.2) is 48.5 Å². The Balaban J connectivity index is 1.61. The fourth-order valence-electron chi connectivity index (χ4n) is 2.56. The molecule has 0 spiro atoms. The van der Waals surface area contributed by atoms with Crippen LogP contribution in [0.25, 0.3) is 10.2 Å². The van der Waals surface area contributed by atoms with Crippen molar-refractivity contribution in [3.63, 3.8) is 0 Å². The standard InChI is InChI=1S/C19H21N3O2S/c1-3-22(13-19-21-16-9-4-5-10-17(16)25-19)12-18(23)20-14-7-6-8-15(11-14)24-2/h4-11H,3,12-13H2,1-2H3,(H,20,23). The van der Waals surface area contributed by atoms with Crippen LogP contribution in [0.1, 0.15) is 11.9 Å².